The van der Waals surface area contributed by atoms with Gasteiger partial charge in [-0.3, -0.25) is 0 Å². The van der Waals surface area contributed by atoms with Crippen LogP contribution in [0.4, 0.5) is 9.18 Å². The highest BCUT2D eigenvalue weighted by Crippen LogP contribution is 2.18. The standard InChI is InChI=1S/C14H19BrFNO3/c1-14(2,3)20-13(19)17(6-7-18)9-10-8-11(15)4-5-12(10)16/h4-5,8,18H,6-7,9H2,1-3H3. The molecule has 0 aliphatic rings. The first kappa shape index (κ1) is 16.9. The number of benzene rings is 1. The maximum atomic E-state index is 13.7. The van der Waals surface area contributed by atoms with E-state index in [1.165, 1.54) is 11.0 Å². The minimum absolute atomic E-state index is 0.0424. The zero-order valence-electron chi connectivity index (χ0n) is 11.8. The molecule has 1 rings (SSSR count). The first-order chi connectivity index (χ1) is 9.23. The Balaban J connectivity index is 2.86. The van der Waals surface area contributed by atoms with Gasteiger partial charge in [0.05, 0.1) is 13.2 Å². The van der Waals surface area contributed by atoms with Crippen LogP contribution in [-0.4, -0.2) is 34.9 Å². The number of hydrogen-bond donors (Lipinski definition) is 1. The van der Waals surface area contributed by atoms with Crippen LogP contribution in [0.25, 0.3) is 0 Å². The van der Waals surface area contributed by atoms with Crippen molar-refractivity contribution in [3.8, 4) is 0 Å². The minimum Gasteiger partial charge on any atom is -0.444 e. The van der Waals surface area contributed by atoms with Gasteiger partial charge < -0.3 is 14.7 Å². The highest BCUT2D eigenvalue weighted by Gasteiger charge is 2.22. The van der Waals surface area contributed by atoms with Crippen molar-refractivity contribution in [3.05, 3.63) is 34.1 Å². The summed E-state index contributed by atoms with van der Waals surface area (Å²) in [6, 6.07) is 4.51. The zero-order chi connectivity index (χ0) is 15.3. The molecule has 4 nitrogen and oxygen atoms in total. The summed E-state index contributed by atoms with van der Waals surface area (Å²) in [5.41, 5.74) is -0.278. The molecule has 20 heavy (non-hydrogen) atoms. The van der Waals surface area contributed by atoms with Gasteiger partial charge in [-0.1, -0.05) is 15.9 Å². The van der Waals surface area contributed by atoms with Gasteiger partial charge in [-0.05, 0) is 39.0 Å². The molecule has 0 bridgehead atoms. The average Bonchev–Trinajstić information content (AvgIpc) is 2.31. The largest absolute Gasteiger partial charge is 0.444 e. The monoisotopic (exact) mass is 347 g/mol. The Morgan fingerprint density at radius 1 is 1.45 bits per heavy atom. The van der Waals surface area contributed by atoms with E-state index >= 15 is 0 Å². The molecule has 0 saturated carbocycles. The average molecular weight is 348 g/mol. The Morgan fingerprint density at radius 3 is 2.65 bits per heavy atom. The molecule has 0 aromatic heterocycles. The Kier molecular flexibility index (Phi) is 5.95. The predicted molar refractivity (Wildman–Crippen MR) is 77.8 cm³/mol. The van der Waals surface area contributed by atoms with Gasteiger partial charge in [0, 0.05) is 16.6 Å². The van der Waals surface area contributed by atoms with Gasteiger partial charge in [-0.15, -0.1) is 0 Å². The number of hydrogen-bond acceptors (Lipinski definition) is 3. The van der Waals surface area contributed by atoms with E-state index < -0.39 is 17.5 Å². The van der Waals surface area contributed by atoms with E-state index in [-0.39, 0.29) is 19.7 Å². The molecular formula is C14H19BrFNO3. The normalized spacial score (nSPS) is 11.3. The summed E-state index contributed by atoms with van der Waals surface area (Å²) in [4.78, 5) is 13.3. The summed E-state index contributed by atoms with van der Waals surface area (Å²) in [6.07, 6.45) is -0.578. The Hall–Kier alpha value is -1.14. The Morgan fingerprint density at radius 2 is 2.10 bits per heavy atom. The molecule has 0 aliphatic heterocycles. The number of halogens is 2. The highest BCUT2D eigenvalue weighted by molar-refractivity contribution is 9.10. The van der Waals surface area contributed by atoms with Crippen molar-refractivity contribution >= 4 is 22.0 Å². The molecular weight excluding hydrogens is 329 g/mol. The first-order valence-corrected chi connectivity index (χ1v) is 7.05. The van der Waals surface area contributed by atoms with Crippen LogP contribution in [0, 0.1) is 5.82 Å². The van der Waals surface area contributed by atoms with E-state index in [9.17, 15) is 9.18 Å². The third-order valence-corrected chi connectivity index (χ3v) is 2.88. The van der Waals surface area contributed by atoms with Gasteiger partial charge in [0.15, 0.2) is 0 Å². The molecule has 0 saturated heterocycles. The van der Waals surface area contributed by atoms with Gasteiger partial charge in [0.2, 0.25) is 0 Å². The molecule has 0 radical (unpaired) electrons. The van der Waals surface area contributed by atoms with Crippen molar-refractivity contribution in [1.82, 2.24) is 4.90 Å². The van der Waals surface area contributed by atoms with Gasteiger partial charge in [0.25, 0.3) is 0 Å². The molecule has 0 fully saturated rings. The maximum absolute atomic E-state index is 13.7. The van der Waals surface area contributed by atoms with Gasteiger partial charge in [-0.2, -0.15) is 0 Å². The third kappa shape index (κ3) is 5.46. The molecule has 1 amide bonds. The lowest BCUT2D eigenvalue weighted by molar-refractivity contribution is 0.0200. The van der Waals surface area contributed by atoms with Crippen molar-refractivity contribution in [2.24, 2.45) is 0 Å². The number of ether oxygens (including phenoxy) is 1. The number of carbonyl (C=O) groups is 1. The summed E-state index contributed by atoms with van der Waals surface area (Å²) in [7, 11) is 0. The Bertz CT molecular complexity index is 474. The quantitative estimate of drug-likeness (QED) is 0.908. The van der Waals surface area contributed by atoms with Crippen molar-refractivity contribution in [3.63, 3.8) is 0 Å². The second-order valence-corrected chi connectivity index (χ2v) is 6.28. The lowest BCUT2D eigenvalue weighted by Gasteiger charge is -2.27. The van der Waals surface area contributed by atoms with Crippen LogP contribution in [0.5, 0.6) is 0 Å². The lowest BCUT2D eigenvalue weighted by atomic mass is 10.2. The molecule has 0 heterocycles. The van der Waals surface area contributed by atoms with E-state index in [4.69, 9.17) is 9.84 Å². The number of amides is 1. The van der Waals surface area contributed by atoms with Crippen LogP contribution in [0.3, 0.4) is 0 Å². The lowest BCUT2D eigenvalue weighted by Crippen LogP contribution is -2.38. The van der Waals surface area contributed by atoms with Crippen molar-refractivity contribution in [2.45, 2.75) is 32.9 Å². The molecule has 0 atom stereocenters. The van der Waals surface area contributed by atoms with Gasteiger partial charge in [-0.25, -0.2) is 9.18 Å². The molecule has 0 spiro atoms. The molecule has 0 unspecified atom stereocenters. The summed E-state index contributed by atoms with van der Waals surface area (Å²) in [6.45, 7) is 5.17. The predicted octanol–water partition coefficient (Wildman–Crippen LogP) is 3.32. The Labute approximate surface area is 126 Å². The van der Waals surface area contributed by atoms with Crippen LogP contribution in [0.1, 0.15) is 26.3 Å². The third-order valence-electron chi connectivity index (χ3n) is 2.39. The first-order valence-electron chi connectivity index (χ1n) is 6.25. The van der Waals surface area contributed by atoms with Crippen LogP contribution in [0.15, 0.2) is 22.7 Å². The zero-order valence-corrected chi connectivity index (χ0v) is 13.4. The van der Waals surface area contributed by atoms with Crippen LogP contribution in [0.2, 0.25) is 0 Å². The topological polar surface area (TPSA) is 49.8 Å². The van der Waals surface area contributed by atoms with E-state index in [2.05, 4.69) is 15.9 Å². The minimum atomic E-state index is -0.638. The van der Waals surface area contributed by atoms with Crippen LogP contribution >= 0.6 is 15.9 Å². The summed E-state index contributed by atoms with van der Waals surface area (Å²) >= 11 is 3.26. The number of carbonyl (C=O) groups excluding carboxylic acids is 1. The molecule has 112 valence electrons. The number of rotatable bonds is 4. The van der Waals surface area contributed by atoms with E-state index in [0.29, 0.717) is 5.56 Å². The van der Waals surface area contributed by atoms with Crippen molar-refractivity contribution in [2.75, 3.05) is 13.2 Å². The fraction of sp³-hybridized carbons (Fsp3) is 0.500. The van der Waals surface area contributed by atoms with E-state index in [1.807, 2.05) is 0 Å². The summed E-state index contributed by atoms with van der Waals surface area (Å²) < 4.78 is 19.7. The van der Waals surface area contributed by atoms with Gasteiger partial charge >= 0.3 is 6.09 Å². The highest BCUT2D eigenvalue weighted by atomic mass is 79.9. The summed E-state index contributed by atoms with van der Waals surface area (Å²) in [5.74, 6) is -0.403. The summed E-state index contributed by atoms with van der Waals surface area (Å²) in [5, 5.41) is 9.03. The fourth-order valence-electron chi connectivity index (χ4n) is 1.55. The number of aliphatic hydroxyl groups excluding tert-OH is 1. The van der Waals surface area contributed by atoms with Crippen molar-refractivity contribution in [1.29, 1.82) is 0 Å². The second kappa shape index (κ2) is 7.04. The smallest absolute Gasteiger partial charge is 0.410 e. The van der Waals surface area contributed by atoms with Crippen LogP contribution in [-0.2, 0) is 11.3 Å². The fourth-order valence-corrected chi connectivity index (χ4v) is 1.96. The second-order valence-electron chi connectivity index (χ2n) is 5.36. The molecule has 1 aromatic carbocycles. The van der Waals surface area contributed by atoms with E-state index in [1.54, 1.807) is 32.9 Å². The molecule has 1 aromatic rings. The van der Waals surface area contributed by atoms with Crippen LogP contribution < -0.4 is 0 Å². The van der Waals surface area contributed by atoms with Crippen molar-refractivity contribution < 1.29 is 19.0 Å². The molecule has 6 heteroatoms. The van der Waals surface area contributed by atoms with E-state index in [0.717, 1.165) is 4.47 Å². The van der Waals surface area contributed by atoms with Gasteiger partial charge in [0.1, 0.15) is 11.4 Å². The SMILES string of the molecule is CC(C)(C)OC(=O)N(CCO)Cc1cc(Br)ccc1F. The number of nitrogens with zero attached hydrogens (tertiary/aromatic N) is 1. The molecule has 0 aliphatic carbocycles. The maximum Gasteiger partial charge on any atom is 0.410 e. The number of aliphatic hydroxyl groups is 1. The molecule has 1 N–H and O–H groups in total.